The van der Waals surface area contributed by atoms with E-state index in [0.717, 1.165) is 25.8 Å². The SMILES string of the molecule is CCC[C@@H]1C[C@@H](C(=O)N[C@H]([C@@H]2O[C@H](SC)[C@H](O)[C@@H](O)[C@H]2O)[C@H](C)O)N(C)C1. The lowest BCUT2D eigenvalue weighted by molar-refractivity contribution is -0.211. The van der Waals surface area contributed by atoms with E-state index in [1.165, 1.54) is 18.7 Å². The summed E-state index contributed by atoms with van der Waals surface area (Å²) in [6.45, 7) is 4.48. The molecule has 2 aliphatic heterocycles. The van der Waals surface area contributed by atoms with E-state index >= 15 is 0 Å². The Bertz CT molecular complexity index is 494. The van der Waals surface area contributed by atoms with Gasteiger partial charge in [-0.05, 0) is 39.0 Å². The zero-order valence-electron chi connectivity index (χ0n) is 16.5. The fraction of sp³-hybridized carbons (Fsp3) is 0.944. The number of carbonyl (C=O) groups is 1. The summed E-state index contributed by atoms with van der Waals surface area (Å²) >= 11 is 1.20. The largest absolute Gasteiger partial charge is 0.391 e. The lowest BCUT2D eigenvalue weighted by Crippen LogP contribution is -2.65. The number of carbonyl (C=O) groups excluding carboxylic acids is 1. The number of thioether (sulfide) groups is 1. The van der Waals surface area contributed by atoms with Crippen LogP contribution in [0.5, 0.6) is 0 Å². The molecule has 0 aliphatic carbocycles. The summed E-state index contributed by atoms with van der Waals surface area (Å²) in [6, 6.07) is -1.20. The molecule has 2 fully saturated rings. The van der Waals surface area contributed by atoms with Gasteiger partial charge in [0.2, 0.25) is 5.91 Å². The zero-order valence-corrected chi connectivity index (χ0v) is 17.3. The van der Waals surface area contributed by atoms with Crippen LogP contribution >= 0.6 is 11.8 Å². The third-order valence-electron chi connectivity index (χ3n) is 5.66. The Hall–Kier alpha value is -0.420. The summed E-state index contributed by atoms with van der Waals surface area (Å²) in [5, 5.41) is 43.5. The van der Waals surface area contributed by atoms with Crippen molar-refractivity contribution in [2.24, 2.45) is 5.92 Å². The first-order chi connectivity index (χ1) is 12.7. The van der Waals surface area contributed by atoms with E-state index in [4.69, 9.17) is 4.74 Å². The van der Waals surface area contributed by atoms with Gasteiger partial charge in [0.15, 0.2) is 0 Å². The van der Waals surface area contributed by atoms with Crippen molar-refractivity contribution in [1.29, 1.82) is 0 Å². The molecule has 0 radical (unpaired) electrons. The maximum Gasteiger partial charge on any atom is 0.237 e. The Kier molecular flexibility index (Phi) is 8.35. The fourth-order valence-corrected chi connectivity index (χ4v) is 4.81. The van der Waals surface area contributed by atoms with Crippen molar-refractivity contribution in [2.75, 3.05) is 19.8 Å². The highest BCUT2D eigenvalue weighted by Gasteiger charge is 2.48. The first kappa shape index (κ1) is 22.9. The number of likely N-dealkylation sites (N-methyl/N-ethyl adjacent to an activating group) is 1. The predicted molar refractivity (Wildman–Crippen MR) is 103 cm³/mol. The number of rotatable bonds is 7. The van der Waals surface area contributed by atoms with Crippen molar-refractivity contribution >= 4 is 17.7 Å². The number of nitrogens with one attached hydrogen (secondary N) is 1. The molecule has 0 aromatic rings. The van der Waals surface area contributed by atoms with Crippen LogP contribution in [0.15, 0.2) is 0 Å². The summed E-state index contributed by atoms with van der Waals surface area (Å²) in [4.78, 5) is 14.9. The minimum atomic E-state index is -1.42. The van der Waals surface area contributed by atoms with Gasteiger partial charge in [-0.2, -0.15) is 0 Å². The van der Waals surface area contributed by atoms with Crippen LogP contribution in [-0.4, -0.2) is 99.1 Å². The Morgan fingerprint density at radius 1 is 1.30 bits per heavy atom. The number of aliphatic hydroxyl groups excluding tert-OH is 4. The number of hydrogen-bond donors (Lipinski definition) is 5. The molecule has 2 aliphatic rings. The van der Waals surface area contributed by atoms with Gasteiger partial charge in [0, 0.05) is 6.54 Å². The standard InChI is InChI=1S/C18H34N2O6S/c1-5-6-10-7-11(20(3)8-10)17(25)19-12(9(2)21)16-14(23)13(22)15(24)18(26-16)27-4/h9-16,18,21-24H,5-8H2,1-4H3,(H,19,25)/t9-,10+,11-,12-,13-,14+,15+,16-,18+/m0/s1. The molecule has 27 heavy (non-hydrogen) atoms. The Morgan fingerprint density at radius 2 is 1.96 bits per heavy atom. The van der Waals surface area contributed by atoms with Gasteiger partial charge in [-0.15, -0.1) is 11.8 Å². The molecule has 2 rings (SSSR count). The molecule has 0 aromatic heterocycles. The highest BCUT2D eigenvalue weighted by Crippen LogP contribution is 2.30. The molecule has 1 amide bonds. The molecule has 0 unspecified atom stereocenters. The van der Waals surface area contributed by atoms with Gasteiger partial charge < -0.3 is 30.5 Å². The van der Waals surface area contributed by atoms with Gasteiger partial charge in [-0.3, -0.25) is 9.69 Å². The second-order valence-electron chi connectivity index (χ2n) is 7.80. The molecule has 9 atom stereocenters. The van der Waals surface area contributed by atoms with Crippen molar-refractivity contribution in [3.05, 3.63) is 0 Å². The molecule has 0 saturated carbocycles. The first-order valence-electron chi connectivity index (χ1n) is 9.62. The smallest absolute Gasteiger partial charge is 0.237 e. The third kappa shape index (κ3) is 5.14. The Balaban J connectivity index is 2.09. The van der Waals surface area contributed by atoms with E-state index < -0.39 is 42.0 Å². The van der Waals surface area contributed by atoms with Crippen molar-refractivity contribution in [3.8, 4) is 0 Å². The highest BCUT2D eigenvalue weighted by atomic mass is 32.2. The summed E-state index contributed by atoms with van der Waals surface area (Å²) < 4.78 is 5.72. The number of amides is 1. The zero-order chi connectivity index (χ0) is 20.3. The van der Waals surface area contributed by atoms with Crippen molar-refractivity contribution in [3.63, 3.8) is 0 Å². The van der Waals surface area contributed by atoms with Crippen LogP contribution in [-0.2, 0) is 9.53 Å². The summed E-state index contributed by atoms with van der Waals surface area (Å²) in [5.41, 5.74) is -0.755. The van der Waals surface area contributed by atoms with Crippen LogP contribution in [0.4, 0.5) is 0 Å². The Morgan fingerprint density at radius 3 is 2.52 bits per heavy atom. The lowest BCUT2D eigenvalue weighted by atomic mass is 9.92. The minimum absolute atomic E-state index is 0.223. The van der Waals surface area contributed by atoms with Crippen LogP contribution in [0.2, 0.25) is 0 Å². The number of hydrogen-bond acceptors (Lipinski definition) is 8. The maximum absolute atomic E-state index is 12.8. The Labute approximate surface area is 165 Å². The van der Waals surface area contributed by atoms with Crippen LogP contribution in [0.3, 0.4) is 0 Å². The van der Waals surface area contributed by atoms with E-state index in [1.54, 1.807) is 6.26 Å². The molecule has 5 N–H and O–H groups in total. The molecule has 2 heterocycles. The number of aliphatic hydroxyl groups is 4. The van der Waals surface area contributed by atoms with Crippen LogP contribution in [0.25, 0.3) is 0 Å². The number of likely N-dealkylation sites (tertiary alicyclic amines) is 1. The maximum atomic E-state index is 12.8. The number of nitrogens with zero attached hydrogens (tertiary/aromatic N) is 1. The van der Waals surface area contributed by atoms with Crippen LogP contribution in [0.1, 0.15) is 33.1 Å². The molecular weight excluding hydrogens is 372 g/mol. The predicted octanol–water partition coefficient (Wildman–Crippen LogP) is -0.857. The van der Waals surface area contributed by atoms with Crippen molar-refractivity contribution < 1.29 is 30.0 Å². The molecule has 0 spiro atoms. The molecule has 0 aromatic carbocycles. The van der Waals surface area contributed by atoms with E-state index in [9.17, 15) is 25.2 Å². The molecule has 2 saturated heterocycles. The lowest BCUT2D eigenvalue weighted by Gasteiger charge is -2.44. The minimum Gasteiger partial charge on any atom is -0.391 e. The van der Waals surface area contributed by atoms with Gasteiger partial charge >= 0.3 is 0 Å². The second-order valence-corrected chi connectivity index (χ2v) is 8.73. The normalized spacial score (nSPS) is 39.9. The average molecular weight is 407 g/mol. The summed E-state index contributed by atoms with van der Waals surface area (Å²) in [5.74, 6) is 0.245. The van der Waals surface area contributed by atoms with E-state index in [1.807, 2.05) is 11.9 Å². The topological polar surface area (TPSA) is 122 Å². The average Bonchev–Trinajstić information content (AvgIpc) is 2.99. The third-order valence-corrected chi connectivity index (χ3v) is 6.51. The summed E-state index contributed by atoms with van der Waals surface area (Å²) in [7, 11) is 1.91. The first-order valence-corrected chi connectivity index (χ1v) is 10.9. The van der Waals surface area contributed by atoms with Gasteiger partial charge in [0.1, 0.15) is 29.9 Å². The van der Waals surface area contributed by atoms with Crippen molar-refractivity contribution in [1.82, 2.24) is 10.2 Å². The molecule has 9 heteroatoms. The monoisotopic (exact) mass is 406 g/mol. The summed E-state index contributed by atoms with van der Waals surface area (Å²) in [6.07, 6.45) is -1.50. The second kappa shape index (κ2) is 9.87. The van der Waals surface area contributed by atoms with E-state index in [-0.39, 0.29) is 11.9 Å². The quantitative estimate of drug-likeness (QED) is 0.370. The van der Waals surface area contributed by atoms with Gasteiger partial charge in [0.05, 0.1) is 18.2 Å². The number of ether oxygens (including phenoxy) is 1. The van der Waals surface area contributed by atoms with Gasteiger partial charge in [-0.25, -0.2) is 0 Å². The highest BCUT2D eigenvalue weighted by molar-refractivity contribution is 7.99. The molecule has 158 valence electrons. The molecule has 0 bridgehead atoms. The molecule has 8 nitrogen and oxygen atoms in total. The van der Waals surface area contributed by atoms with E-state index in [0.29, 0.717) is 5.92 Å². The van der Waals surface area contributed by atoms with Crippen molar-refractivity contribution in [2.45, 2.75) is 81.1 Å². The van der Waals surface area contributed by atoms with Gasteiger partial charge in [-0.1, -0.05) is 13.3 Å². The van der Waals surface area contributed by atoms with Crippen LogP contribution in [0, 0.1) is 5.92 Å². The van der Waals surface area contributed by atoms with Gasteiger partial charge in [0.25, 0.3) is 0 Å². The fourth-order valence-electron chi connectivity index (χ4n) is 4.13. The van der Waals surface area contributed by atoms with E-state index in [2.05, 4.69) is 12.2 Å². The van der Waals surface area contributed by atoms with Crippen LogP contribution < -0.4 is 5.32 Å². The molecular formula is C18H34N2O6S.